The average Bonchev–Trinajstić information content (AvgIpc) is 2.67. The summed E-state index contributed by atoms with van der Waals surface area (Å²) >= 11 is 0. The van der Waals surface area contributed by atoms with Gasteiger partial charge in [-0.15, -0.1) is 0 Å². The smallest absolute Gasteiger partial charge is 0.239 e. The van der Waals surface area contributed by atoms with Gasteiger partial charge in [0.2, 0.25) is 5.91 Å². The van der Waals surface area contributed by atoms with E-state index in [2.05, 4.69) is 22.3 Å². The number of amides is 1. The molecule has 1 aliphatic heterocycles. The molecule has 0 aromatic heterocycles. The number of carbonyl (C=O) groups excluding carboxylic acids is 1. The van der Waals surface area contributed by atoms with Crippen LogP contribution in [0.5, 0.6) is 0 Å². The molecule has 2 rings (SSSR count). The minimum Gasteiger partial charge on any atom is -0.411 e. The Morgan fingerprint density at radius 3 is 3.00 bits per heavy atom. The van der Waals surface area contributed by atoms with Crippen molar-refractivity contribution in [1.82, 2.24) is 5.32 Å². The largest absolute Gasteiger partial charge is 0.411 e. The van der Waals surface area contributed by atoms with Gasteiger partial charge in [0.1, 0.15) is 0 Å². The highest BCUT2D eigenvalue weighted by Crippen LogP contribution is 2.26. The first kappa shape index (κ1) is 15.4. The van der Waals surface area contributed by atoms with Crippen molar-refractivity contribution in [3.8, 4) is 0 Å². The maximum Gasteiger partial charge on any atom is 0.239 e. The Morgan fingerprint density at radius 2 is 2.24 bits per heavy atom. The van der Waals surface area contributed by atoms with Crippen LogP contribution in [0.2, 0.25) is 0 Å². The molecular formula is C16H23N3O2. The van der Waals surface area contributed by atoms with Gasteiger partial charge in [0.05, 0.1) is 12.3 Å². The monoisotopic (exact) mass is 289 g/mol. The maximum absolute atomic E-state index is 12.0. The zero-order valence-corrected chi connectivity index (χ0v) is 12.5. The SMILES string of the molecule is CCCCNC(=O)CN1CCC/C(=N/O)c2ccccc21. The number of nitrogens with one attached hydrogen (secondary N) is 1. The van der Waals surface area contributed by atoms with Crippen LogP contribution in [0.1, 0.15) is 38.2 Å². The van der Waals surface area contributed by atoms with Gasteiger partial charge in [0.25, 0.3) is 0 Å². The van der Waals surface area contributed by atoms with Crippen molar-refractivity contribution >= 4 is 17.3 Å². The molecule has 5 nitrogen and oxygen atoms in total. The highest BCUT2D eigenvalue weighted by atomic mass is 16.4. The normalized spacial score (nSPS) is 16.4. The van der Waals surface area contributed by atoms with Crippen LogP contribution in [0.4, 0.5) is 5.69 Å². The van der Waals surface area contributed by atoms with Crippen molar-refractivity contribution in [1.29, 1.82) is 0 Å². The molecule has 1 amide bonds. The highest BCUT2D eigenvalue weighted by Gasteiger charge is 2.21. The number of benzene rings is 1. The van der Waals surface area contributed by atoms with E-state index in [-0.39, 0.29) is 5.91 Å². The summed E-state index contributed by atoms with van der Waals surface area (Å²) in [6.07, 6.45) is 3.67. The third-order valence-corrected chi connectivity index (χ3v) is 3.70. The Hall–Kier alpha value is -2.04. The number of para-hydroxylation sites is 1. The molecule has 1 heterocycles. The van der Waals surface area contributed by atoms with Gasteiger partial charge < -0.3 is 15.4 Å². The van der Waals surface area contributed by atoms with Crippen molar-refractivity contribution in [2.24, 2.45) is 5.16 Å². The molecule has 0 bridgehead atoms. The zero-order valence-electron chi connectivity index (χ0n) is 12.5. The summed E-state index contributed by atoms with van der Waals surface area (Å²) in [5, 5.41) is 15.5. The summed E-state index contributed by atoms with van der Waals surface area (Å²) in [6, 6.07) is 7.79. The van der Waals surface area contributed by atoms with Crippen LogP contribution >= 0.6 is 0 Å². The maximum atomic E-state index is 12.0. The molecule has 0 unspecified atom stereocenters. The molecule has 5 heteroatoms. The van der Waals surface area contributed by atoms with Crippen molar-refractivity contribution in [3.05, 3.63) is 29.8 Å². The number of rotatable bonds is 5. The predicted molar refractivity (Wildman–Crippen MR) is 84.1 cm³/mol. The van der Waals surface area contributed by atoms with E-state index in [1.54, 1.807) is 0 Å². The lowest BCUT2D eigenvalue weighted by Crippen LogP contribution is -2.38. The second-order valence-corrected chi connectivity index (χ2v) is 5.29. The van der Waals surface area contributed by atoms with Crippen LogP contribution in [0, 0.1) is 0 Å². The number of nitrogens with zero attached hydrogens (tertiary/aromatic N) is 2. The number of hydrogen-bond donors (Lipinski definition) is 2. The fraction of sp³-hybridized carbons (Fsp3) is 0.500. The highest BCUT2D eigenvalue weighted by molar-refractivity contribution is 6.05. The van der Waals surface area contributed by atoms with Crippen LogP contribution in [0.25, 0.3) is 0 Å². The Morgan fingerprint density at radius 1 is 1.43 bits per heavy atom. The lowest BCUT2D eigenvalue weighted by molar-refractivity contribution is -0.119. The molecule has 21 heavy (non-hydrogen) atoms. The summed E-state index contributed by atoms with van der Waals surface area (Å²) in [6.45, 7) is 3.97. The summed E-state index contributed by atoms with van der Waals surface area (Å²) in [5.74, 6) is 0.0441. The molecule has 1 aromatic carbocycles. The summed E-state index contributed by atoms with van der Waals surface area (Å²) < 4.78 is 0. The van der Waals surface area contributed by atoms with Gasteiger partial charge in [0.15, 0.2) is 0 Å². The third kappa shape index (κ3) is 3.97. The number of carbonyl (C=O) groups is 1. The first-order chi connectivity index (χ1) is 10.3. The van der Waals surface area contributed by atoms with Gasteiger partial charge in [-0.2, -0.15) is 0 Å². The minimum absolute atomic E-state index is 0.0441. The van der Waals surface area contributed by atoms with Crippen LogP contribution in [-0.2, 0) is 4.79 Å². The number of anilines is 1. The standard InChI is InChI=1S/C16H23N3O2/c1-2-3-10-17-16(20)12-19-11-6-8-14(18-21)13-7-4-5-9-15(13)19/h4-5,7,9,21H,2-3,6,8,10-12H2,1H3,(H,17,20)/b18-14-. The molecule has 0 aliphatic carbocycles. The molecule has 114 valence electrons. The van der Waals surface area contributed by atoms with E-state index in [4.69, 9.17) is 5.21 Å². The Labute approximate surface area is 125 Å². The van der Waals surface area contributed by atoms with Crippen molar-refractivity contribution in [3.63, 3.8) is 0 Å². The lowest BCUT2D eigenvalue weighted by Gasteiger charge is -2.24. The summed E-state index contributed by atoms with van der Waals surface area (Å²) in [4.78, 5) is 14.1. The second kappa shape index (κ2) is 7.67. The molecule has 0 fully saturated rings. The summed E-state index contributed by atoms with van der Waals surface area (Å²) in [5.41, 5.74) is 2.58. The fourth-order valence-electron chi connectivity index (χ4n) is 2.59. The van der Waals surface area contributed by atoms with Gasteiger partial charge >= 0.3 is 0 Å². The lowest BCUT2D eigenvalue weighted by atomic mass is 10.1. The number of hydrogen-bond acceptors (Lipinski definition) is 4. The van der Waals surface area contributed by atoms with Gasteiger partial charge in [-0.25, -0.2) is 0 Å². The Bertz CT molecular complexity index is 514. The van der Waals surface area contributed by atoms with Crippen molar-refractivity contribution in [2.45, 2.75) is 32.6 Å². The predicted octanol–water partition coefficient (Wildman–Crippen LogP) is 2.38. The number of unbranched alkanes of at least 4 members (excludes halogenated alkanes) is 1. The quantitative estimate of drug-likeness (QED) is 0.497. The van der Waals surface area contributed by atoms with Crippen LogP contribution in [0.3, 0.4) is 0 Å². The second-order valence-electron chi connectivity index (χ2n) is 5.29. The van der Waals surface area contributed by atoms with E-state index in [1.807, 2.05) is 24.3 Å². The molecule has 1 aromatic rings. The van der Waals surface area contributed by atoms with Gasteiger partial charge in [-0.1, -0.05) is 36.7 Å². The van der Waals surface area contributed by atoms with E-state index in [9.17, 15) is 4.79 Å². The fourth-order valence-corrected chi connectivity index (χ4v) is 2.59. The molecule has 0 spiro atoms. The molecule has 2 N–H and O–H groups in total. The molecule has 0 radical (unpaired) electrons. The van der Waals surface area contributed by atoms with E-state index in [0.717, 1.165) is 50.0 Å². The van der Waals surface area contributed by atoms with Gasteiger partial charge in [-0.05, 0) is 25.3 Å². The Kier molecular flexibility index (Phi) is 5.60. The zero-order chi connectivity index (χ0) is 15.1. The number of oxime groups is 1. The van der Waals surface area contributed by atoms with Crippen LogP contribution in [-0.4, -0.2) is 36.5 Å². The first-order valence-corrected chi connectivity index (χ1v) is 7.58. The third-order valence-electron chi connectivity index (χ3n) is 3.70. The van der Waals surface area contributed by atoms with Crippen LogP contribution in [0.15, 0.2) is 29.4 Å². The van der Waals surface area contributed by atoms with E-state index in [0.29, 0.717) is 12.3 Å². The average molecular weight is 289 g/mol. The van der Waals surface area contributed by atoms with Crippen LogP contribution < -0.4 is 10.2 Å². The van der Waals surface area contributed by atoms with Crippen molar-refractivity contribution in [2.75, 3.05) is 24.5 Å². The Balaban J connectivity index is 2.11. The van der Waals surface area contributed by atoms with Gasteiger partial charge in [-0.3, -0.25) is 4.79 Å². The molecule has 0 saturated carbocycles. The molecule has 0 atom stereocenters. The minimum atomic E-state index is 0.0441. The number of fused-ring (bicyclic) bond motifs is 1. The molecule has 0 saturated heterocycles. The van der Waals surface area contributed by atoms with E-state index in [1.165, 1.54) is 0 Å². The van der Waals surface area contributed by atoms with Crippen molar-refractivity contribution < 1.29 is 10.0 Å². The molecular weight excluding hydrogens is 266 g/mol. The van der Waals surface area contributed by atoms with Gasteiger partial charge in [0, 0.05) is 24.3 Å². The molecule has 1 aliphatic rings. The first-order valence-electron chi connectivity index (χ1n) is 7.58. The summed E-state index contributed by atoms with van der Waals surface area (Å²) in [7, 11) is 0. The van der Waals surface area contributed by atoms with E-state index < -0.39 is 0 Å². The van der Waals surface area contributed by atoms with E-state index >= 15 is 0 Å². The topological polar surface area (TPSA) is 64.9 Å².